The Morgan fingerprint density at radius 3 is 1.96 bits per heavy atom. The van der Waals surface area contributed by atoms with Gasteiger partial charge in [0.25, 0.3) is 0 Å². The van der Waals surface area contributed by atoms with Gasteiger partial charge in [0.2, 0.25) is 0 Å². The molecule has 0 bridgehead atoms. The Bertz CT molecular complexity index is 4450. The highest BCUT2D eigenvalue weighted by Gasteiger charge is 2.49. The van der Waals surface area contributed by atoms with Crippen LogP contribution in [0, 0.1) is 17.3 Å². The van der Waals surface area contributed by atoms with Crippen molar-refractivity contribution in [1.29, 1.82) is 0 Å². The molecule has 5 aliphatic carbocycles. The van der Waals surface area contributed by atoms with Crippen molar-refractivity contribution >= 4 is 50.4 Å². The summed E-state index contributed by atoms with van der Waals surface area (Å²) in [6.45, 7) is 23.2. The van der Waals surface area contributed by atoms with Gasteiger partial charge in [0.1, 0.15) is 0 Å². The first-order valence-electron chi connectivity index (χ1n) is 31.5. The molecule has 1 N–H and O–H groups in total. The third-order valence-electron chi connectivity index (χ3n) is 20.6. The molecule has 7 aromatic carbocycles. The number of H-pyrrole nitrogens is 1. The van der Waals surface area contributed by atoms with Crippen LogP contribution in [0.15, 0.2) is 241 Å². The van der Waals surface area contributed by atoms with Crippen molar-refractivity contribution in [3.63, 3.8) is 0 Å². The van der Waals surface area contributed by atoms with E-state index in [1.165, 1.54) is 122 Å². The fraction of sp³-hybridized carbons (Fsp3) is 0.253. The van der Waals surface area contributed by atoms with E-state index in [0.717, 1.165) is 31.4 Å². The maximum absolute atomic E-state index is 3.79. The molecule has 2 heteroatoms. The molecule has 422 valence electrons. The predicted octanol–water partition coefficient (Wildman–Crippen LogP) is 21.9. The van der Waals surface area contributed by atoms with Gasteiger partial charge in [-0.2, -0.15) is 0 Å². The molecule has 0 amide bonds. The highest BCUT2D eigenvalue weighted by molar-refractivity contribution is 6.11. The molecule has 4 atom stereocenters. The van der Waals surface area contributed by atoms with E-state index in [9.17, 15) is 0 Å². The van der Waals surface area contributed by atoms with Crippen molar-refractivity contribution in [2.45, 2.75) is 117 Å². The minimum Gasteiger partial charge on any atom is -0.355 e. The van der Waals surface area contributed by atoms with Crippen LogP contribution in [-0.2, 0) is 21.7 Å². The highest BCUT2D eigenvalue weighted by atomic mass is 15.0. The summed E-state index contributed by atoms with van der Waals surface area (Å²) in [5.74, 6) is 1.10. The number of benzene rings is 7. The molecule has 0 aliphatic heterocycles. The first kappa shape index (κ1) is 54.5. The second-order valence-corrected chi connectivity index (χ2v) is 27.0. The van der Waals surface area contributed by atoms with Gasteiger partial charge < -0.3 is 9.55 Å². The fourth-order valence-electron chi connectivity index (χ4n) is 15.5. The Morgan fingerprint density at radius 2 is 1.28 bits per heavy atom. The topological polar surface area (TPSA) is 20.7 Å². The molecule has 85 heavy (non-hydrogen) atoms. The van der Waals surface area contributed by atoms with E-state index in [1.807, 2.05) is 0 Å². The van der Waals surface area contributed by atoms with Gasteiger partial charge in [-0.3, -0.25) is 0 Å². The van der Waals surface area contributed by atoms with Crippen LogP contribution in [0.1, 0.15) is 151 Å². The van der Waals surface area contributed by atoms with Crippen LogP contribution in [0.5, 0.6) is 0 Å². The molecule has 4 unspecified atom stereocenters. The molecular formula is C83H80N2. The average molecular weight is 1110 g/mol. The summed E-state index contributed by atoms with van der Waals surface area (Å²) in [6.07, 6.45) is 38.0. The number of hydrogen-bond donors (Lipinski definition) is 1. The van der Waals surface area contributed by atoms with Crippen molar-refractivity contribution in [2.75, 3.05) is 0 Å². The quantitative estimate of drug-likeness (QED) is 0.125. The van der Waals surface area contributed by atoms with Gasteiger partial charge in [0.05, 0.1) is 21.9 Å². The minimum absolute atomic E-state index is 0.00337. The van der Waals surface area contributed by atoms with Crippen LogP contribution in [0.3, 0.4) is 0 Å². The minimum atomic E-state index is -0.646. The van der Waals surface area contributed by atoms with Crippen LogP contribution in [-0.4, -0.2) is 9.55 Å². The molecule has 5 aliphatic rings. The Balaban J connectivity index is 0.991. The van der Waals surface area contributed by atoms with Crippen LogP contribution >= 0.6 is 0 Å². The van der Waals surface area contributed by atoms with E-state index in [2.05, 4.69) is 316 Å². The number of nitrogens with zero attached hydrogens (tertiary/aromatic N) is 1. The van der Waals surface area contributed by atoms with Crippen molar-refractivity contribution in [1.82, 2.24) is 9.55 Å². The third kappa shape index (κ3) is 8.32. The van der Waals surface area contributed by atoms with Gasteiger partial charge in [-0.05, 0) is 183 Å². The van der Waals surface area contributed by atoms with E-state index in [1.54, 1.807) is 0 Å². The summed E-state index contributed by atoms with van der Waals surface area (Å²) in [6, 6.07) is 59.1. The summed E-state index contributed by atoms with van der Waals surface area (Å²) < 4.78 is 2.53. The maximum atomic E-state index is 3.79. The Morgan fingerprint density at radius 1 is 0.647 bits per heavy atom. The molecule has 0 saturated carbocycles. The lowest BCUT2D eigenvalue weighted by molar-refractivity contribution is 0.346. The monoisotopic (exact) mass is 1100 g/mol. The number of nitrogens with one attached hydrogen (secondary N) is 1. The molecule has 0 radical (unpaired) electrons. The zero-order chi connectivity index (χ0) is 58.6. The lowest BCUT2D eigenvalue weighted by Gasteiger charge is -2.36. The molecule has 0 fully saturated rings. The molecule has 14 rings (SSSR count). The Kier molecular flexibility index (Phi) is 13.1. The highest BCUT2D eigenvalue weighted by Crippen LogP contribution is 2.60. The van der Waals surface area contributed by atoms with Crippen LogP contribution < -0.4 is 0 Å². The smallest absolute Gasteiger partial charge is 0.0713 e. The van der Waals surface area contributed by atoms with E-state index in [4.69, 9.17) is 0 Å². The van der Waals surface area contributed by atoms with Crippen LogP contribution in [0.25, 0.3) is 67.2 Å². The van der Waals surface area contributed by atoms with Crippen molar-refractivity contribution < 1.29 is 0 Å². The van der Waals surface area contributed by atoms with E-state index >= 15 is 0 Å². The third-order valence-corrected chi connectivity index (χ3v) is 20.6. The normalized spacial score (nSPS) is 21.6. The van der Waals surface area contributed by atoms with Gasteiger partial charge in [-0.1, -0.05) is 244 Å². The van der Waals surface area contributed by atoms with Gasteiger partial charge in [-0.25, -0.2) is 0 Å². The SMILES string of the molecule is C/C=C(\C=C/CC(C)C)C1(c2ccc3c(c2)c2cc(C4(C5=CC=CC(C)(c6ccc7[nH]c8c(c7c6)C=CC(C)(C(C)CC)C=C8)C=C5)c5ccccc5-c5ccccc54)ccc2n3-c2ccc(C(C)(C)C)cc2)C2=C(CCC=C2)c2ccccc21. The molecule has 0 spiro atoms. The summed E-state index contributed by atoms with van der Waals surface area (Å²) in [5, 5.41) is 3.76. The van der Waals surface area contributed by atoms with Gasteiger partial charge >= 0.3 is 0 Å². The number of hydrogen-bond acceptors (Lipinski definition) is 0. The average Bonchev–Trinajstić information content (AvgIpc) is 1.77. The van der Waals surface area contributed by atoms with Gasteiger partial charge in [0.15, 0.2) is 0 Å². The molecule has 2 aromatic heterocycles. The first-order valence-corrected chi connectivity index (χ1v) is 31.5. The van der Waals surface area contributed by atoms with Crippen molar-refractivity contribution in [2.24, 2.45) is 17.3 Å². The number of allylic oxidation sites excluding steroid dienone is 16. The number of aromatic amines is 1. The van der Waals surface area contributed by atoms with Gasteiger partial charge in [-0.15, -0.1) is 0 Å². The molecule has 2 heterocycles. The number of rotatable bonds is 11. The van der Waals surface area contributed by atoms with E-state index in [0.29, 0.717) is 11.8 Å². The van der Waals surface area contributed by atoms with E-state index < -0.39 is 16.2 Å². The first-order chi connectivity index (χ1) is 41.1. The second kappa shape index (κ2) is 20.4. The van der Waals surface area contributed by atoms with Crippen molar-refractivity contribution in [3.05, 3.63) is 297 Å². The largest absolute Gasteiger partial charge is 0.355 e. The summed E-state index contributed by atoms with van der Waals surface area (Å²) in [4.78, 5) is 3.79. The molecule has 9 aromatic rings. The number of fused-ring (bicyclic) bond motifs is 11. The molecular weight excluding hydrogens is 1020 g/mol. The lowest BCUT2D eigenvalue weighted by Crippen LogP contribution is -2.30. The Labute approximate surface area is 504 Å². The van der Waals surface area contributed by atoms with Crippen molar-refractivity contribution in [3.8, 4) is 16.8 Å². The lowest BCUT2D eigenvalue weighted by atomic mass is 9.65. The summed E-state index contributed by atoms with van der Waals surface area (Å²) in [5.41, 5.74) is 24.2. The Hall–Kier alpha value is -8.46. The number of aromatic nitrogens is 2. The second-order valence-electron chi connectivity index (χ2n) is 27.0. The summed E-state index contributed by atoms with van der Waals surface area (Å²) in [7, 11) is 0. The van der Waals surface area contributed by atoms with Gasteiger partial charge in [0, 0.05) is 49.5 Å². The van der Waals surface area contributed by atoms with Crippen LogP contribution in [0.4, 0.5) is 0 Å². The molecule has 0 saturated heterocycles. The maximum Gasteiger partial charge on any atom is 0.0713 e. The molecule has 2 nitrogen and oxygen atoms in total. The standard InChI is InChI=1S/C83H80N2/c1-11-55(5)80(9)49-45-67-68-51-59(36-41-75(68)84-76(67)46-50-80)81(10)47-22-25-58(44-48-81)83(73-32-19-15-28-65(73)66-29-16-20-33-74(66)83)61-38-43-78-70(53-61)69-52-60(37-42-77(69)85(78)62-39-34-57(35-40-62)79(6,7)8)82(56(12-2)24-21-23-54(3)4)71-30-17-13-26-63(71)64-27-14-18-31-72(64)82/h12-13,15-22,24-26,28-55,84H,11,14,23,27H2,1-10H3/b24-21-,56-12+. The summed E-state index contributed by atoms with van der Waals surface area (Å²) >= 11 is 0. The van der Waals surface area contributed by atoms with Crippen LogP contribution in [0.2, 0.25) is 0 Å². The fourth-order valence-corrected chi connectivity index (χ4v) is 15.5. The zero-order valence-corrected chi connectivity index (χ0v) is 51.4. The zero-order valence-electron chi connectivity index (χ0n) is 51.4. The van der Waals surface area contributed by atoms with E-state index in [-0.39, 0.29) is 10.8 Å². The predicted molar refractivity (Wildman–Crippen MR) is 364 cm³/mol.